The van der Waals surface area contributed by atoms with E-state index in [2.05, 4.69) is 64.0 Å². The van der Waals surface area contributed by atoms with Crippen molar-refractivity contribution in [3.05, 3.63) is 107 Å². The van der Waals surface area contributed by atoms with E-state index in [0.717, 1.165) is 83.0 Å². The van der Waals surface area contributed by atoms with E-state index < -0.39 is 23.5 Å². The number of anilines is 1. The number of H-pyrrole nitrogens is 1. The maximum atomic E-state index is 15.0. The molecule has 1 unspecified atom stereocenters. The lowest BCUT2D eigenvalue weighted by molar-refractivity contribution is -0.134. The summed E-state index contributed by atoms with van der Waals surface area (Å²) in [6.07, 6.45) is 4.94. The summed E-state index contributed by atoms with van der Waals surface area (Å²) in [5.41, 5.74) is 7.94. The standard InChI is InChI=1S/C44H47FN10O4/c1-25-20-28(7-10-31(25)26(2)48-42(58)40-50-43(59-53-40)44(3,4)5)38-34-22-29(23-47-39(34)52-51-38)36-12-8-30(24-46-36)55-18-16-54(17-19-55)15-14-27-6-9-32(35(45)21-27)33-11-13-37(56)49-41(33)57/h6-10,12,20-24,26,33H,11,13-19H2,1-5H3,(H,48,58)(H,47,51,52)(H,49,56,57)/t26?,33-/m1/s1. The normalized spacial score (nSPS) is 17.0. The van der Waals surface area contributed by atoms with Crippen molar-refractivity contribution in [3.8, 4) is 22.5 Å². The number of imide groups is 1. The summed E-state index contributed by atoms with van der Waals surface area (Å²) in [7, 11) is 0. The highest BCUT2D eigenvalue weighted by Gasteiger charge is 2.30. The Bertz CT molecular complexity index is 2540. The van der Waals surface area contributed by atoms with Crippen LogP contribution in [0.3, 0.4) is 0 Å². The molecule has 0 radical (unpaired) electrons. The van der Waals surface area contributed by atoms with Gasteiger partial charge in [-0.2, -0.15) is 10.1 Å². The number of aromatic amines is 1. The van der Waals surface area contributed by atoms with Gasteiger partial charge in [0.05, 0.1) is 35.2 Å². The second-order valence-electron chi connectivity index (χ2n) is 16.5. The van der Waals surface area contributed by atoms with Crippen molar-refractivity contribution < 1.29 is 23.3 Å². The average molecular weight is 799 g/mol. The number of amides is 3. The van der Waals surface area contributed by atoms with E-state index in [1.165, 1.54) is 6.07 Å². The van der Waals surface area contributed by atoms with Crippen LogP contribution < -0.4 is 15.5 Å². The molecular weight excluding hydrogens is 752 g/mol. The van der Waals surface area contributed by atoms with Gasteiger partial charge in [0, 0.05) is 72.8 Å². The fraction of sp³-hybridized carbons (Fsp3) is 0.364. The first kappa shape index (κ1) is 39.5. The van der Waals surface area contributed by atoms with Gasteiger partial charge in [-0.25, -0.2) is 9.37 Å². The number of nitrogens with one attached hydrogen (secondary N) is 3. The Kier molecular flexibility index (Phi) is 10.8. The zero-order valence-electron chi connectivity index (χ0n) is 33.8. The average Bonchev–Trinajstić information content (AvgIpc) is 3.90. The summed E-state index contributed by atoms with van der Waals surface area (Å²) < 4.78 is 20.3. The topological polar surface area (TPSA) is 175 Å². The Morgan fingerprint density at radius 1 is 1.00 bits per heavy atom. The Balaban J connectivity index is 0.870. The Labute approximate surface area is 341 Å². The largest absolute Gasteiger partial charge is 0.368 e. The van der Waals surface area contributed by atoms with Crippen molar-refractivity contribution in [2.24, 2.45) is 0 Å². The number of fused-ring (bicyclic) bond motifs is 1. The van der Waals surface area contributed by atoms with Gasteiger partial charge in [-0.3, -0.25) is 34.7 Å². The third-order valence-electron chi connectivity index (χ3n) is 11.2. The third-order valence-corrected chi connectivity index (χ3v) is 11.2. The van der Waals surface area contributed by atoms with Crippen LogP contribution in [0.2, 0.25) is 0 Å². The Hall–Kier alpha value is -6.35. The van der Waals surface area contributed by atoms with E-state index in [4.69, 9.17) is 9.51 Å². The van der Waals surface area contributed by atoms with Crippen molar-refractivity contribution in [1.82, 2.24) is 45.8 Å². The van der Waals surface area contributed by atoms with E-state index in [1.807, 2.05) is 65.1 Å². The van der Waals surface area contributed by atoms with Crippen LogP contribution in [0.15, 0.2) is 71.5 Å². The maximum absolute atomic E-state index is 15.0. The number of pyridine rings is 2. The molecule has 2 aliphatic rings. The van der Waals surface area contributed by atoms with Gasteiger partial charge in [-0.05, 0) is 73.7 Å². The predicted octanol–water partition coefficient (Wildman–Crippen LogP) is 6.19. The first-order chi connectivity index (χ1) is 28.3. The van der Waals surface area contributed by atoms with Gasteiger partial charge in [0.2, 0.25) is 17.7 Å². The molecule has 0 saturated carbocycles. The zero-order chi connectivity index (χ0) is 41.4. The van der Waals surface area contributed by atoms with Gasteiger partial charge >= 0.3 is 0 Å². The number of carbonyl (C=O) groups is 3. The van der Waals surface area contributed by atoms with E-state index in [1.54, 1.807) is 12.3 Å². The molecule has 2 atom stereocenters. The molecule has 2 saturated heterocycles. The van der Waals surface area contributed by atoms with Gasteiger partial charge in [-0.15, -0.1) is 0 Å². The van der Waals surface area contributed by atoms with Crippen LogP contribution in [0, 0.1) is 12.7 Å². The smallest absolute Gasteiger partial charge is 0.293 e. The number of piperazine rings is 1. The quantitative estimate of drug-likeness (QED) is 0.135. The molecule has 14 nitrogen and oxygen atoms in total. The molecule has 2 fully saturated rings. The molecule has 59 heavy (non-hydrogen) atoms. The van der Waals surface area contributed by atoms with Gasteiger partial charge in [-0.1, -0.05) is 50.2 Å². The predicted molar refractivity (Wildman–Crippen MR) is 220 cm³/mol. The molecule has 4 aromatic heterocycles. The summed E-state index contributed by atoms with van der Waals surface area (Å²) in [5, 5.41) is 17.7. The highest BCUT2D eigenvalue weighted by Crippen LogP contribution is 2.32. The number of aryl methyl sites for hydroxylation is 1. The molecule has 304 valence electrons. The highest BCUT2D eigenvalue weighted by molar-refractivity contribution is 6.01. The van der Waals surface area contributed by atoms with E-state index >= 15 is 4.39 Å². The van der Waals surface area contributed by atoms with E-state index in [0.29, 0.717) is 29.9 Å². The Morgan fingerprint density at radius 3 is 2.51 bits per heavy atom. The first-order valence-electron chi connectivity index (χ1n) is 20.0. The summed E-state index contributed by atoms with van der Waals surface area (Å²) in [4.78, 5) is 55.1. The molecule has 3 amide bonds. The molecule has 0 aliphatic carbocycles. The van der Waals surface area contributed by atoms with Crippen LogP contribution in [0.1, 0.15) is 91.3 Å². The van der Waals surface area contributed by atoms with Crippen LogP contribution in [0.5, 0.6) is 0 Å². The van der Waals surface area contributed by atoms with E-state index in [9.17, 15) is 14.4 Å². The number of carbonyl (C=O) groups excluding carboxylic acids is 3. The molecule has 8 rings (SSSR count). The molecule has 6 heterocycles. The molecule has 0 spiro atoms. The van der Waals surface area contributed by atoms with Crippen molar-refractivity contribution >= 4 is 34.4 Å². The lowest BCUT2D eigenvalue weighted by Gasteiger charge is -2.36. The monoisotopic (exact) mass is 798 g/mol. The fourth-order valence-electron chi connectivity index (χ4n) is 7.80. The summed E-state index contributed by atoms with van der Waals surface area (Å²) in [5.74, 6) is -1.75. The van der Waals surface area contributed by atoms with Crippen LogP contribution >= 0.6 is 0 Å². The van der Waals surface area contributed by atoms with Crippen LogP contribution in [-0.2, 0) is 21.4 Å². The number of hydrogen-bond donors (Lipinski definition) is 3. The van der Waals surface area contributed by atoms with Crippen molar-refractivity contribution in [3.63, 3.8) is 0 Å². The SMILES string of the molecule is Cc1cc(-c2[nH]nc3ncc(-c4ccc(N5CCN(CCc6ccc([C@H]7CCC(=O)NC7=O)c(F)c6)CC5)cn4)cc23)ccc1C(C)NC(=O)c1noc(C(C)(C)C)n1. The number of hydrogen-bond acceptors (Lipinski definition) is 11. The maximum Gasteiger partial charge on any atom is 0.293 e. The minimum Gasteiger partial charge on any atom is -0.368 e. The number of piperidine rings is 1. The van der Waals surface area contributed by atoms with E-state index in [-0.39, 0.29) is 29.6 Å². The molecule has 6 aromatic rings. The van der Waals surface area contributed by atoms with Crippen LogP contribution in [0.25, 0.3) is 33.5 Å². The molecule has 15 heteroatoms. The minimum atomic E-state index is -0.629. The molecule has 0 bridgehead atoms. The lowest BCUT2D eigenvalue weighted by Crippen LogP contribution is -2.47. The van der Waals surface area contributed by atoms with Gasteiger partial charge < -0.3 is 14.7 Å². The summed E-state index contributed by atoms with van der Waals surface area (Å²) >= 11 is 0. The zero-order valence-corrected chi connectivity index (χ0v) is 33.8. The minimum absolute atomic E-state index is 0.00779. The first-order valence-corrected chi connectivity index (χ1v) is 20.0. The van der Waals surface area contributed by atoms with Crippen molar-refractivity contribution in [2.45, 2.75) is 71.3 Å². The number of benzene rings is 2. The second kappa shape index (κ2) is 16.1. The van der Waals surface area contributed by atoms with Crippen molar-refractivity contribution in [1.29, 1.82) is 0 Å². The second-order valence-corrected chi connectivity index (χ2v) is 16.5. The number of halogens is 1. The molecule has 3 N–H and O–H groups in total. The summed E-state index contributed by atoms with van der Waals surface area (Å²) in [6, 6.07) is 17.0. The molecule has 2 aliphatic heterocycles. The van der Waals surface area contributed by atoms with Crippen LogP contribution in [0.4, 0.5) is 10.1 Å². The molecule has 2 aromatic carbocycles. The van der Waals surface area contributed by atoms with Crippen molar-refractivity contribution in [2.75, 3.05) is 37.6 Å². The Morgan fingerprint density at radius 2 is 1.81 bits per heavy atom. The number of rotatable bonds is 10. The van der Waals surface area contributed by atoms with Gasteiger partial charge in [0.1, 0.15) is 5.82 Å². The fourth-order valence-corrected chi connectivity index (χ4v) is 7.80. The summed E-state index contributed by atoms with van der Waals surface area (Å²) in [6.45, 7) is 14.0. The highest BCUT2D eigenvalue weighted by atomic mass is 19.1. The number of aromatic nitrogens is 6. The van der Waals surface area contributed by atoms with Gasteiger partial charge in [0.15, 0.2) is 5.65 Å². The molecular formula is C44H47FN10O4. The number of nitrogens with zero attached hydrogens (tertiary/aromatic N) is 7. The van der Waals surface area contributed by atoms with Gasteiger partial charge in [0.25, 0.3) is 11.7 Å². The lowest BCUT2D eigenvalue weighted by atomic mass is 9.89. The van der Waals surface area contributed by atoms with Crippen LogP contribution in [-0.4, -0.2) is 85.7 Å². The third kappa shape index (κ3) is 8.46.